The maximum atomic E-state index is 5.53. The van der Waals surface area contributed by atoms with E-state index < -0.39 is 0 Å². The molecule has 2 rings (SSSR count). The molecule has 106 valence electrons. The molecule has 8 heteroatoms. The fourth-order valence-electron chi connectivity index (χ4n) is 1.62. The number of hydrogen-bond donors (Lipinski definition) is 2. The van der Waals surface area contributed by atoms with Crippen LogP contribution in [-0.2, 0) is 4.74 Å². The second kappa shape index (κ2) is 6.48. The maximum Gasteiger partial charge on any atom is 0.323 e. The molecule has 2 heterocycles. The molecule has 0 spiro atoms. The molecule has 0 atom stereocenters. The van der Waals surface area contributed by atoms with Crippen LogP contribution in [0.25, 0.3) is 0 Å². The highest BCUT2D eigenvalue weighted by Gasteiger charge is 2.17. The van der Waals surface area contributed by atoms with Crippen molar-refractivity contribution in [2.24, 2.45) is 11.8 Å². The smallest absolute Gasteiger partial charge is 0.323 e. The third kappa shape index (κ3) is 3.90. The van der Waals surface area contributed by atoms with Crippen LogP contribution in [0.5, 0.6) is 6.01 Å². The summed E-state index contributed by atoms with van der Waals surface area (Å²) in [6, 6.07) is 0.290. The summed E-state index contributed by atoms with van der Waals surface area (Å²) in [5, 5.41) is 0. The average Bonchev–Trinajstić information content (AvgIpc) is 2.45. The molecule has 0 aromatic carbocycles. The normalized spacial score (nSPS) is 15.7. The van der Waals surface area contributed by atoms with Gasteiger partial charge in [-0.25, -0.2) is 5.84 Å². The Bertz CT molecular complexity index is 408. The van der Waals surface area contributed by atoms with E-state index in [0.29, 0.717) is 37.6 Å². The highest BCUT2D eigenvalue weighted by molar-refractivity contribution is 5.37. The number of hydrazine groups is 1. The molecule has 1 saturated heterocycles. The van der Waals surface area contributed by atoms with Gasteiger partial charge < -0.3 is 14.4 Å². The second-order valence-electron chi connectivity index (χ2n) is 4.69. The van der Waals surface area contributed by atoms with E-state index in [1.807, 2.05) is 4.90 Å². The molecule has 0 saturated carbocycles. The molecule has 1 aromatic rings. The molecular formula is C11H20N6O2. The van der Waals surface area contributed by atoms with E-state index in [1.165, 1.54) is 0 Å². The van der Waals surface area contributed by atoms with E-state index in [0.717, 1.165) is 13.1 Å². The number of morpholine rings is 1. The maximum absolute atomic E-state index is 5.53. The number of nitrogens with two attached hydrogens (primary N) is 1. The Morgan fingerprint density at radius 2 is 2.05 bits per heavy atom. The summed E-state index contributed by atoms with van der Waals surface area (Å²) in [4.78, 5) is 14.6. The summed E-state index contributed by atoms with van der Waals surface area (Å²) < 4.78 is 10.8. The molecule has 1 aliphatic rings. The van der Waals surface area contributed by atoms with Crippen LogP contribution >= 0.6 is 0 Å². The zero-order valence-electron chi connectivity index (χ0n) is 11.3. The molecule has 0 aliphatic carbocycles. The number of ether oxygens (including phenoxy) is 2. The minimum Gasteiger partial charge on any atom is -0.463 e. The Kier molecular flexibility index (Phi) is 4.69. The summed E-state index contributed by atoms with van der Waals surface area (Å²) in [6.07, 6.45) is 0. The molecule has 3 N–H and O–H groups in total. The topological polar surface area (TPSA) is 98.4 Å². The Labute approximate surface area is 112 Å². The van der Waals surface area contributed by atoms with Gasteiger partial charge in [-0.1, -0.05) is 13.8 Å². The van der Waals surface area contributed by atoms with Gasteiger partial charge >= 0.3 is 6.01 Å². The first-order valence-corrected chi connectivity index (χ1v) is 6.37. The molecule has 1 aromatic heterocycles. The van der Waals surface area contributed by atoms with Crippen molar-refractivity contribution in [3.63, 3.8) is 0 Å². The van der Waals surface area contributed by atoms with Gasteiger partial charge in [0.15, 0.2) is 0 Å². The van der Waals surface area contributed by atoms with Crippen molar-refractivity contribution < 1.29 is 9.47 Å². The number of rotatable bonds is 5. The Hall–Kier alpha value is -1.67. The zero-order chi connectivity index (χ0) is 13.7. The summed E-state index contributed by atoms with van der Waals surface area (Å²) in [6.45, 7) is 7.50. The molecule has 0 bridgehead atoms. The van der Waals surface area contributed by atoms with Gasteiger partial charge in [-0.2, -0.15) is 15.0 Å². The van der Waals surface area contributed by atoms with Gasteiger partial charge in [0.2, 0.25) is 11.9 Å². The van der Waals surface area contributed by atoms with Gasteiger partial charge in [-0.05, 0) is 5.92 Å². The van der Waals surface area contributed by atoms with Crippen LogP contribution in [0, 0.1) is 5.92 Å². The summed E-state index contributed by atoms with van der Waals surface area (Å²) in [5.74, 6) is 6.63. The monoisotopic (exact) mass is 268 g/mol. The first-order chi connectivity index (χ1) is 9.19. The number of nitrogens with zero attached hydrogens (tertiary/aromatic N) is 4. The predicted octanol–water partition coefficient (Wildman–Crippen LogP) is 0.0286. The summed E-state index contributed by atoms with van der Waals surface area (Å²) >= 11 is 0. The SMILES string of the molecule is CC(C)COc1nc(NN)nc(N2CCOCC2)n1. The lowest BCUT2D eigenvalue weighted by atomic mass is 10.2. The van der Waals surface area contributed by atoms with Crippen LogP contribution in [0.15, 0.2) is 0 Å². The van der Waals surface area contributed by atoms with E-state index in [4.69, 9.17) is 15.3 Å². The second-order valence-corrected chi connectivity index (χ2v) is 4.69. The average molecular weight is 268 g/mol. The highest BCUT2D eigenvalue weighted by Crippen LogP contribution is 2.16. The van der Waals surface area contributed by atoms with Gasteiger partial charge in [0, 0.05) is 13.1 Å². The molecule has 0 amide bonds. The number of hydrogen-bond acceptors (Lipinski definition) is 8. The third-order valence-electron chi connectivity index (χ3n) is 2.57. The molecule has 0 unspecified atom stereocenters. The minimum absolute atomic E-state index is 0.290. The number of nitrogens with one attached hydrogen (secondary N) is 1. The molecule has 8 nitrogen and oxygen atoms in total. The van der Waals surface area contributed by atoms with E-state index in [9.17, 15) is 0 Å². The van der Waals surface area contributed by atoms with Gasteiger partial charge in [0.05, 0.1) is 19.8 Å². The van der Waals surface area contributed by atoms with Gasteiger partial charge in [0.25, 0.3) is 0 Å². The molecule has 1 aliphatic heterocycles. The van der Waals surface area contributed by atoms with Crippen LogP contribution < -0.4 is 20.9 Å². The Morgan fingerprint density at radius 3 is 2.68 bits per heavy atom. The Balaban J connectivity index is 2.14. The first kappa shape index (κ1) is 13.8. The van der Waals surface area contributed by atoms with Crippen molar-refractivity contribution in [3.05, 3.63) is 0 Å². The minimum atomic E-state index is 0.290. The van der Waals surface area contributed by atoms with E-state index >= 15 is 0 Å². The fraction of sp³-hybridized carbons (Fsp3) is 0.727. The lowest BCUT2D eigenvalue weighted by Gasteiger charge is -2.26. The largest absolute Gasteiger partial charge is 0.463 e. The standard InChI is InChI=1S/C11H20N6O2/c1-8(2)7-19-11-14-9(16-12)13-10(15-11)17-3-5-18-6-4-17/h8H,3-7,12H2,1-2H3,(H,13,14,15,16). The van der Waals surface area contributed by atoms with Crippen molar-refractivity contribution in [2.75, 3.05) is 43.2 Å². The molecule has 1 fully saturated rings. The predicted molar refractivity (Wildman–Crippen MR) is 71.0 cm³/mol. The van der Waals surface area contributed by atoms with Gasteiger partial charge in [0.1, 0.15) is 0 Å². The van der Waals surface area contributed by atoms with Crippen molar-refractivity contribution in [2.45, 2.75) is 13.8 Å². The number of aromatic nitrogens is 3. The third-order valence-corrected chi connectivity index (χ3v) is 2.57. The van der Waals surface area contributed by atoms with E-state index in [1.54, 1.807) is 0 Å². The van der Waals surface area contributed by atoms with Crippen molar-refractivity contribution in [1.82, 2.24) is 15.0 Å². The van der Waals surface area contributed by atoms with Crippen LogP contribution in [0.4, 0.5) is 11.9 Å². The number of anilines is 2. The van der Waals surface area contributed by atoms with E-state index in [2.05, 4.69) is 34.2 Å². The molecular weight excluding hydrogens is 248 g/mol. The van der Waals surface area contributed by atoms with Crippen molar-refractivity contribution in [3.8, 4) is 6.01 Å². The van der Waals surface area contributed by atoms with Gasteiger partial charge in [-0.15, -0.1) is 0 Å². The van der Waals surface area contributed by atoms with Crippen molar-refractivity contribution >= 4 is 11.9 Å². The van der Waals surface area contributed by atoms with Gasteiger partial charge in [-0.3, -0.25) is 5.43 Å². The van der Waals surface area contributed by atoms with Crippen LogP contribution in [-0.4, -0.2) is 47.9 Å². The highest BCUT2D eigenvalue weighted by atomic mass is 16.5. The summed E-state index contributed by atoms with van der Waals surface area (Å²) in [7, 11) is 0. The molecule has 19 heavy (non-hydrogen) atoms. The van der Waals surface area contributed by atoms with Crippen LogP contribution in [0.1, 0.15) is 13.8 Å². The fourth-order valence-corrected chi connectivity index (χ4v) is 1.62. The lowest BCUT2D eigenvalue weighted by Crippen LogP contribution is -2.37. The number of nitrogen functional groups attached to an aromatic ring is 1. The lowest BCUT2D eigenvalue weighted by molar-refractivity contribution is 0.122. The summed E-state index contributed by atoms with van der Waals surface area (Å²) in [5.41, 5.74) is 2.43. The van der Waals surface area contributed by atoms with E-state index in [-0.39, 0.29) is 6.01 Å². The van der Waals surface area contributed by atoms with Crippen LogP contribution in [0.3, 0.4) is 0 Å². The zero-order valence-corrected chi connectivity index (χ0v) is 11.3. The first-order valence-electron chi connectivity index (χ1n) is 6.37. The van der Waals surface area contributed by atoms with Crippen LogP contribution in [0.2, 0.25) is 0 Å². The Morgan fingerprint density at radius 1 is 1.32 bits per heavy atom. The molecule has 0 radical (unpaired) electrons. The van der Waals surface area contributed by atoms with Crippen molar-refractivity contribution in [1.29, 1.82) is 0 Å². The quantitative estimate of drug-likeness (QED) is 0.570.